The minimum Gasteiger partial charge on any atom is -0.487 e. The Morgan fingerprint density at radius 1 is 1.50 bits per heavy atom. The van der Waals surface area contributed by atoms with Gasteiger partial charge in [-0.3, -0.25) is 10.1 Å². The molecule has 0 unspecified atom stereocenters. The summed E-state index contributed by atoms with van der Waals surface area (Å²) in [5.41, 5.74) is 5.77. The van der Waals surface area contributed by atoms with E-state index in [1.54, 1.807) is 6.07 Å². The summed E-state index contributed by atoms with van der Waals surface area (Å²) in [6.45, 7) is 4.62. The molecule has 0 heterocycles. The van der Waals surface area contributed by atoms with Crippen molar-refractivity contribution in [2.45, 2.75) is 20.3 Å². The maximum atomic E-state index is 10.7. The average molecular weight is 224 g/mol. The van der Waals surface area contributed by atoms with Crippen molar-refractivity contribution in [3.8, 4) is 5.75 Å². The van der Waals surface area contributed by atoms with Gasteiger partial charge in [0, 0.05) is 11.8 Å². The largest absolute Gasteiger partial charge is 0.487 e. The number of nitrogens with two attached hydrogens (primary N) is 1. The van der Waals surface area contributed by atoms with E-state index in [-0.39, 0.29) is 11.4 Å². The first-order valence-electron chi connectivity index (χ1n) is 5.17. The van der Waals surface area contributed by atoms with Gasteiger partial charge in [0.25, 0.3) is 0 Å². The fourth-order valence-electron chi connectivity index (χ4n) is 1.20. The Hall–Kier alpha value is -1.78. The average Bonchev–Trinajstić information content (AvgIpc) is 2.19. The molecule has 16 heavy (non-hydrogen) atoms. The second kappa shape index (κ2) is 5.34. The summed E-state index contributed by atoms with van der Waals surface area (Å²) >= 11 is 0. The predicted octanol–water partition coefficient (Wildman–Crippen LogP) is 2.60. The van der Waals surface area contributed by atoms with Crippen LogP contribution >= 0.6 is 0 Å². The molecule has 0 spiro atoms. The van der Waals surface area contributed by atoms with Crippen molar-refractivity contribution in [2.75, 3.05) is 12.3 Å². The van der Waals surface area contributed by atoms with Gasteiger partial charge in [-0.15, -0.1) is 0 Å². The molecule has 0 atom stereocenters. The fourth-order valence-corrected chi connectivity index (χ4v) is 1.20. The molecule has 88 valence electrons. The van der Waals surface area contributed by atoms with Crippen LogP contribution in [0.2, 0.25) is 0 Å². The van der Waals surface area contributed by atoms with Crippen LogP contribution in [-0.2, 0) is 0 Å². The summed E-state index contributed by atoms with van der Waals surface area (Å²) in [4.78, 5) is 10.3. The number of rotatable bonds is 5. The molecular formula is C11H16N2O3. The highest BCUT2D eigenvalue weighted by atomic mass is 16.6. The van der Waals surface area contributed by atoms with Crippen molar-refractivity contribution in [2.24, 2.45) is 5.92 Å². The molecule has 0 amide bonds. The third kappa shape index (κ3) is 3.42. The summed E-state index contributed by atoms with van der Waals surface area (Å²) < 4.78 is 5.37. The van der Waals surface area contributed by atoms with Gasteiger partial charge in [-0.25, -0.2) is 0 Å². The summed E-state index contributed by atoms with van der Waals surface area (Å²) in [6, 6.07) is 4.44. The van der Waals surface area contributed by atoms with E-state index in [2.05, 4.69) is 13.8 Å². The van der Waals surface area contributed by atoms with E-state index in [9.17, 15) is 10.1 Å². The maximum absolute atomic E-state index is 10.7. The molecule has 5 nitrogen and oxygen atoms in total. The van der Waals surface area contributed by atoms with E-state index in [1.807, 2.05) is 0 Å². The van der Waals surface area contributed by atoms with Crippen LogP contribution in [0.5, 0.6) is 5.75 Å². The first-order valence-corrected chi connectivity index (χ1v) is 5.17. The molecule has 1 aromatic carbocycles. The number of hydrogen-bond donors (Lipinski definition) is 1. The second-order valence-corrected chi connectivity index (χ2v) is 4.02. The van der Waals surface area contributed by atoms with Crippen LogP contribution in [0.15, 0.2) is 18.2 Å². The van der Waals surface area contributed by atoms with Crippen molar-refractivity contribution in [3.05, 3.63) is 28.3 Å². The topological polar surface area (TPSA) is 78.4 Å². The minimum atomic E-state index is -0.485. The number of benzene rings is 1. The molecule has 0 saturated heterocycles. The van der Waals surface area contributed by atoms with E-state index in [4.69, 9.17) is 10.5 Å². The van der Waals surface area contributed by atoms with Crippen molar-refractivity contribution in [1.82, 2.24) is 0 Å². The van der Waals surface area contributed by atoms with Gasteiger partial charge in [0.15, 0.2) is 5.75 Å². The number of nitrogen functional groups attached to an aromatic ring is 1. The summed E-state index contributed by atoms with van der Waals surface area (Å²) in [5, 5.41) is 10.7. The Kier molecular flexibility index (Phi) is 4.10. The van der Waals surface area contributed by atoms with Crippen LogP contribution in [-0.4, -0.2) is 11.5 Å². The molecule has 0 aliphatic heterocycles. The number of nitrogens with zero attached hydrogens (tertiary/aromatic N) is 1. The number of anilines is 1. The maximum Gasteiger partial charge on any atom is 0.312 e. The minimum absolute atomic E-state index is 0.0799. The van der Waals surface area contributed by atoms with Gasteiger partial charge < -0.3 is 10.5 Å². The molecular weight excluding hydrogens is 208 g/mol. The quantitative estimate of drug-likeness (QED) is 0.473. The molecule has 0 saturated carbocycles. The SMILES string of the molecule is CC(C)CCOc1ccc(N)cc1[N+](=O)[O-]. The lowest BCUT2D eigenvalue weighted by molar-refractivity contribution is -0.385. The highest BCUT2D eigenvalue weighted by Crippen LogP contribution is 2.29. The van der Waals surface area contributed by atoms with E-state index < -0.39 is 4.92 Å². The number of nitro groups is 1. The zero-order valence-electron chi connectivity index (χ0n) is 9.47. The summed E-state index contributed by atoms with van der Waals surface area (Å²) in [5.74, 6) is 0.785. The van der Waals surface area contributed by atoms with Crippen LogP contribution in [0, 0.1) is 16.0 Å². The van der Waals surface area contributed by atoms with E-state index >= 15 is 0 Å². The highest BCUT2D eigenvalue weighted by Gasteiger charge is 2.15. The Balaban J connectivity index is 2.75. The Morgan fingerprint density at radius 2 is 2.19 bits per heavy atom. The molecule has 1 rings (SSSR count). The molecule has 2 N–H and O–H groups in total. The smallest absolute Gasteiger partial charge is 0.312 e. The van der Waals surface area contributed by atoms with Gasteiger partial charge in [-0.1, -0.05) is 13.8 Å². The fraction of sp³-hybridized carbons (Fsp3) is 0.455. The normalized spacial score (nSPS) is 10.4. The Labute approximate surface area is 94.4 Å². The van der Waals surface area contributed by atoms with Gasteiger partial charge >= 0.3 is 5.69 Å². The zero-order chi connectivity index (χ0) is 12.1. The first-order chi connectivity index (χ1) is 7.50. The predicted molar refractivity (Wildman–Crippen MR) is 62.5 cm³/mol. The molecule has 0 bridgehead atoms. The monoisotopic (exact) mass is 224 g/mol. The first kappa shape index (κ1) is 12.3. The van der Waals surface area contributed by atoms with Gasteiger partial charge in [0.05, 0.1) is 11.5 Å². The third-order valence-corrected chi connectivity index (χ3v) is 2.13. The Bertz CT molecular complexity index is 377. The summed E-state index contributed by atoms with van der Waals surface area (Å²) in [6.07, 6.45) is 0.863. The lowest BCUT2D eigenvalue weighted by Crippen LogP contribution is -2.03. The molecule has 0 fully saturated rings. The lowest BCUT2D eigenvalue weighted by Gasteiger charge is -2.08. The lowest BCUT2D eigenvalue weighted by atomic mass is 10.1. The number of nitro benzene ring substituents is 1. The number of ether oxygens (including phenoxy) is 1. The van der Waals surface area contributed by atoms with E-state index in [1.165, 1.54) is 12.1 Å². The standard InChI is InChI=1S/C11H16N2O3/c1-8(2)5-6-16-11-4-3-9(12)7-10(11)13(14)15/h3-4,7-8H,5-6,12H2,1-2H3. The van der Waals surface area contributed by atoms with Crippen LogP contribution in [0.4, 0.5) is 11.4 Å². The third-order valence-electron chi connectivity index (χ3n) is 2.13. The molecule has 5 heteroatoms. The van der Waals surface area contributed by atoms with Gasteiger partial charge in [0.2, 0.25) is 0 Å². The Morgan fingerprint density at radius 3 is 2.75 bits per heavy atom. The van der Waals surface area contributed by atoms with Gasteiger partial charge in [0.1, 0.15) is 0 Å². The van der Waals surface area contributed by atoms with E-state index in [0.717, 1.165) is 6.42 Å². The second-order valence-electron chi connectivity index (χ2n) is 4.02. The summed E-state index contributed by atoms with van der Waals surface area (Å²) in [7, 11) is 0. The van der Waals surface area contributed by atoms with Crippen molar-refractivity contribution in [1.29, 1.82) is 0 Å². The van der Waals surface area contributed by atoms with E-state index in [0.29, 0.717) is 18.2 Å². The van der Waals surface area contributed by atoms with Crippen LogP contribution in [0.25, 0.3) is 0 Å². The molecule has 0 aliphatic rings. The molecule has 0 aromatic heterocycles. The van der Waals surface area contributed by atoms with Crippen LogP contribution in [0.3, 0.4) is 0 Å². The van der Waals surface area contributed by atoms with Crippen molar-refractivity contribution >= 4 is 11.4 Å². The molecule has 0 aliphatic carbocycles. The van der Waals surface area contributed by atoms with Crippen LogP contribution in [0.1, 0.15) is 20.3 Å². The highest BCUT2D eigenvalue weighted by molar-refractivity contribution is 5.56. The van der Waals surface area contributed by atoms with Crippen molar-refractivity contribution < 1.29 is 9.66 Å². The molecule has 1 aromatic rings. The van der Waals surface area contributed by atoms with Gasteiger partial charge in [-0.2, -0.15) is 0 Å². The van der Waals surface area contributed by atoms with Gasteiger partial charge in [-0.05, 0) is 24.5 Å². The van der Waals surface area contributed by atoms with Crippen LogP contribution < -0.4 is 10.5 Å². The molecule has 0 radical (unpaired) electrons. The zero-order valence-corrected chi connectivity index (χ0v) is 9.47. The van der Waals surface area contributed by atoms with Crippen molar-refractivity contribution in [3.63, 3.8) is 0 Å². The number of hydrogen-bond acceptors (Lipinski definition) is 4.